The summed E-state index contributed by atoms with van der Waals surface area (Å²) in [7, 11) is -3.41. The van der Waals surface area contributed by atoms with Crippen LogP contribution in [0.1, 0.15) is 23.4 Å². The predicted molar refractivity (Wildman–Crippen MR) is 116 cm³/mol. The van der Waals surface area contributed by atoms with Gasteiger partial charge in [0.05, 0.1) is 4.90 Å². The van der Waals surface area contributed by atoms with Crippen LogP contribution in [0.4, 0.5) is 9.52 Å². The molecule has 0 radical (unpaired) electrons. The minimum Gasteiger partial charge on any atom is -0.360 e. The molecule has 0 unspecified atom stereocenters. The number of hydrogen-bond donors (Lipinski definition) is 1. The number of sulfonamides is 1. The summed E-state index contributed by atoms with van der Waals surface area (Å²) in [5.41, 5.74) is 0.992. The molecule has 9 heteroatoms. The van der Waals surface area contributed by atoms with E-state index < -0.39 is 10.0 Å². The second kappa shape index (κ2) is 9.20. The lowest BCUT2D eigenvalue weighted by Gasteiger charge is -2.31. The monoisotopic (exact) mass is 446 g/mol. The van der Waals surface area contributed by atoms with Gasteiger partial charge in [0.25, 0.3) is 0 Å². The Morgan fingerprint density at radius 2 is 1.73 bits per heavy atom. The summed E-state index contributed by atoms with van der Waals surface area (Å²) >= 11 is 1.49. The van der Waals surface area contributed by atoms with Crippen LogP contribution in [-0.2, 0) is 16.4 Å². The molecule has 0 spiro atoms. The minimum atomic E-state index is -3.41. The number of anilines is 1. The van der Waals surface area contributed by atoms with Gasteiger partial charge in [0.1, 0.15) is 10.8 Å². The van der Waals surface area contributed by atoms with E-state index in [0.29, 0.717) is 30.3 Å². The molecular formula is C21H23FN4O2S2. The van der Waals surface area contributed by atoms with Gasteiger partial charge in [-0.1, -0.05) is 41.7 Å². The Kier molecular flexibility index (Phi) is 6.40. The first kappa shape index (κ1) is 20.9. The second-order valence-electron chi connectivity index (χ2n) is 7.35. The van der Waals surface area contributed by atoms with Gasteiger partial charge in [-0.25, -0.2) is 12.8 Å². The third kappa shape index (κ3) is 5.03. The summed E-state index contributed by atoms with van der Waals surface area (Å²) in [5, 5.41) is 13.3. The van der Waals surface area contributed by atoms with Gasteiger partial charge in [0.2, 0.25) is 15.2 Å². The number of halogens is 1. The van der Waals surface area contributed by atoms with Crippen LogP contribution in [0.3, 0.4) is 0 Å². The molecule has 1 fully saturated rings. The highest BCUT2D eigenvalue weighted by Gasteiger charge is 2.29. The molecule has 0 saturated carbocycles. The maximum absolute atomic E-state index is 13.0. The van der Waals surface area contributed by atoms with E-state index in [1.807, 2.05) is 6.07 Å². The van der Waals surface area contributed by atoms with E-state index in [9.17, 15) is 12.8 Å². The number of rotatable bonds is 7. The third-order valence-electron chi connectivity index (χ3n) is 5.23. The van der Waals surface area contributed by atoms with Crippen molar-refractivity contribution in [3.63, 3.8) is 0 Å². The van der Waals surface area contributed by atoms with E-state index in [1.165, 1.54) is 23.5 Å². The number of benzene rings is 2. The molecule has 1 aliphatic heterocycles. The van der Waals surface area contributed by atoms with Crippen molar-refractivity contribution in [2.45, 2.75) is 24.2 Å². The number of nitrogens with one attached hydrogen (secondary N) is 1. The van der Waals surface area contributed by atoms with Crippen molar-refractivity contribution < 1.29 is 12.8 Å². The van der Waals surface area contributed by atoms with Crippen LogP contribution in [0.25, 0.3) is 0 Å². The van der Waals surface area contributed by atoms with Gasteiger partial charge in [-0.2, -0.15) is 4.31 Å². The van der Waals surface area contributed by atoms with E-state index in [2.05, 4.69) is 15.5 Å². The van der Waals surface area contributed by atoms with Gasteiger partial charge in [0.15, 0.2) is 0 Å². The van der Waals surface area contributed by atoms with Crippen LogP contribution in [0.5, 0.6) is 0 Å². The van der Waals surface area contributed by atoms with E-state index >= 15 is 0 Å². The Bertz CT molecular complexity index is 1060. The summed E-state index contributed by atoms with van der Waals surface area (Å²) in [6, 6.07) is 15.0. The molecule has 158 valence electrons. The largest absolute Gasteiger partial charge is 0.360 e. The molecular weight excluding hydrogens is 423 g/mol. The van der Waals surface area contributed by atoms with Crippen LogP contribution < -0.4 is 5.32 Å². The first-order chi connectivity index (χ1) is 14.5. The molecule has 0 atom stereocenters. The molecule has 1 aromatic heterocycles. The number of nitrogens with zero attached hydrogens (tertiary/aromatic N) is 3. The average molecular weight is 447 g/mol. The predicted octanol–water partition coefficient (Wildman–Crippen LogP) is 3.78. The maximum Gasteiger partial charge on any atom is 0.243 e. The zero-order chi connectivity index (χ0) is 21.0. The van der Waals surface area contributed by atoms with Crippen LogP contribution in [-0.4, -0.2) is 42.6 Å². The Balaban J connectivity index is 1.26. The van der Waals surface area contributed by atoms with Gasteiger partial charge >= 0.3 is 0 Å². The van der Waals surface area contributed by atoms with Gasteiger partial charge in [-0.15, -0.1) is 10.2 Å². The Hall–Kier alpha value is -2.36. The molecule has 2 heterocycles. The zero-order valence-corrected chi connectivity index (χ0v) is 18.0. The number of hydrogen-bond acceptors (Lipinski definition) is 6. The normalized spacial score (nSPS) is 15.9. The quantitative estimate of drug-likeness (QED) is 0.598. The summed E-state index contributed by atoms with van der Waals surface area (Å²) in [4.78, 5) is 0.351. The van der Waals surface area contributed by atoms with Crippen LogP contribution >= 0.6 is 11.3 Å². The van der Waals surface area contributed by atoms with Crippen LogP contribution in [0.15, 0.2) is 59.5 Å². The minimum absolute atomic E-state index is 0.249. The third-order valence-corrected chi connectivity index (χ3v) is 8.03. The van der Waals surface area contributed by atoms with Gasteiger partial charge in [-0.3, -0.25) is 0 Å². The van der Waals surface area contributed by atoms with E-state index in [1.54, 1.807) is 40.7 Å². The standard InChI is InChI=1S/C21H23FN4O2S2/c22-18-8-6-16(7-9-18)14-20-24-25-21(29-20)23-15-17-10-12-26(13-11-17)30(27,28)19-4-2-1-3-5-19/h1-9,17H,10-15H2,(H,23,25). The topological polar surface area (TPSA) is 75.2 Å². The Morgan fingerprint density at radius 3 is 2.43 bits per heavy atom. The van der Waals surface area contributed by atoms with Gasteiger partial charge in [0, 0.05) is 26.1 Å². The molecule has 2 aromatic carbocycles. The molecule has 0 bridgehead atoms. The van der Waals surface area contributed by atoms with Crippen molar-refractivity contribution in [1.29, 1.82) is 0 Å². The molecule has 0 amide bonds. The number of piperidine rings is 1. The van der Waals surface area contributed by atoms with Crippen molar-refractivity contribution in [1.82, 2.24) is 14.5 Å². The summed E-state index contributed by atoms with van der Waals surface area (Å²) in [6.07, 6.45) is 2.23. The van der Waals surface area contributed by atoms with Gasteiger partial charge < -0.3 is 5.32 Å². The molecule has 6 nitrogen and oxygen atoms in total. The summed E-state index contributed by atoms with van der Waals surface area (Å²) < 4.78 is 40.0. The molecule has 1 aliphatic rings. The van der Waals surface area contributed by atoms with Crippen molar-refractivity contribution in [2.75, 3.05) is 25.0 Å². The smallest absolute Gasteiger partial charge is 0.243 e. The molecule has 1 saturated heterocycles. The first-order valence-electron chi connectivity index (χ1n) is 9.86. The number of aromatic nitrogens is 2. The Morgan fingerprint density at radius 1 is 1.03 bits per heavy atom. The lowest BCUT2D eigenvalue weighted by atomic mass is 9.98. The van der Waals surface area contributed by atoms with E-state index in [4.69, 9.17) is 0 Å². The first-order valence-corrected chi connectivity index (χ1v) is 12.1. The van der Waals surface area contributed by atoms with Crippen LogP contribution in [0.2, 0.25) is 0 Å². The lowest BCUT2D eigenvalue weighted by Crippen LogP contribution is -2.39. The molecule has 30 heavy (non-hydrogen) atoms. The van der Waals surface area contributed by atoms with E-state index in [0.717, 1.165) is 35.1 Å². The van der Waals surface area contributed by atoms with Crippen molar-refractivity contribution in [3.8, 4) is 0 Å². The zero-order valence-electron chi connectivity index (χ0n) is 16.4. The van der Waals surface area contributed by atoms with Gasteiger partial charge in [-0.05, 0) is 48.6 Å². The average Bonchev–Trinajstić information content (AvgIpc) is 3.22. The maximum atomic E-state index is 13.0. The highest BCUT2D eigenvalue weighted by molar-refractivity contribution is 7.89. The fourth-order valence-corrected chi connectivity index (χ4v) is 5.77. The lowest BCUT2D eigenvalue weighted by molar-refractivity contribution is 0.282. The van der Waals surface area contributed by atoms with Crippen molar-refractivity contribution >= 4 is 26.5 Å². The fraction of sp³-hybridized carbons (Fsp3) is 0.333. The van der Waals surface area contributed by atoms with Crippen molar-refractivity contribution in [3.05, 3.63) is 71.0 Å². The molecule has 3 aromatic rings. The van der Waals surface area contributed by atoms with Crippen LogP contribution in [0, 0.1) is 11.7 Å². The second-order valence-corrected chi connectivity index (χ2v) is 10.3. The summed E-state index contributed by atoms with van der Waals surface area (Å²) in [6.45, 7) is 1.79. The highest BCUT2D eigenvalue weighted by atomic mass is 32.2. The fourth-order valence-electron chi connectivity index (χ4n) is 3.50. The summed E-state index contributed by atoms with van der Waals surface area (Å²) in [5.74, 6) is 0.137. The SMILES string of the molecule is O=S(=O)(c1ccccc1)N1CCC(CNc2nnc(Cc3ccc(F)cc3)s2)CC1. The Labute approximate surface area is 179 Å². The highest BCUT2D eigenvalue weighted by Crippen LogP contribution is 2.25. The van der Waals surface area contributed by atoms with E-state index in [-0.39, 0.29) is 5.82 Å². The molecule has 4 rings (SSSR count). The van der Waals surface area contributed by atoms with Crippen molar-refractivity contribution in [2.24, 2.45) is 5.92 Å². The molecule has 1 N–H and O–H groups in total. The molecule has 0 aliphatic carbocycles.